The molecule has 1 N–H and O–H groups in total. The first kappa shape index (κ1) is 8.97. The van der Waals surface area contributed by atoms with Gasteiger partial charge in [0.05, 0.1) is 9.20 Å². The van der Waals surface area contributed by atoms with E-state index in [2.05, 4.69) is 11.6 Å². The molecule has 1 heterocycles. The van der Waals surface area contributed by atoms with Crippen LogP contribution in [0.1, 0.15) is 5.56 Å². The Labute approximate surface area is 84.9 Å². The first-order valence-corrected chi connectivity index (χ1v) is 5.02. The van der Waals surface area contributed by atoms with Gasteiger partial charge < -0.3 is 4.98 Å². The smallest absolute Gasteiger partial charge is 0.266 e. The van der Waals surface area contributed by atoms with Gasteiger partial charge in [-0.05, 0) is 11.6 Å². The van der Waals surface area contributed by atoms with Crippen molar-refractivity contribution in [1.29, 1.82) is 0 Å². The second-order valence-corrected chi connectivity index (χ2v) is 4.04. The van der Waals surface area contributed by atoms with E-state index in [0.29, 0.717) is 9.20 Å². The second-order valence-electron chi connectivity index (χ2n) is 2.90. The first-order valence-electron chi connectivity index (χ1n) is 4.20. The van der Waals surface area contributed by atoms with E-state index in [9.17, 15) is 4.79 Å². The fraction of sp³-hybridized carbons (Fsp3) is 0. The lowest BCUT2D eigenvalue weighted by molar-refractivity contribution is 1.26. The van der Waals surface area contributed by atoms with Gasteiger partial charge in [-0.15, -0.1) is 11.3 Å². The number of thiazole rings is 1. The molecule has 0 unspecified atom stereocenters. The topological polar surface area (TPSA) is 32.9 Å². The summed E-state index contributed by atoms with van der Waals surface area (Å²) in [6, 6.07) is 9.75. The Morgan fingerprint density at radius 3 is 2.57 bits per heavy atom. The summed E-state index contributed by atoms with van der Waals surface area (Å²) in [6.45, 7) is 3.69. The fourth-order valence-corrected chi connectivity index (χ4v) is 1.94. The molecule has 3 heteroatoms. The van der Waals surface area contributed by atoms with Crippen LogP contribution in [0.4, 0.5) is 0 Å². The Bertz CT molecular complexity index is 580. The van der Waals surface area contributed by atoms with Gasteiger partial charge in [0.1, 0.15) is 0 Å². The zero-order valence-electron chi connectivity index (χ0n) is 7.49. The van der Waals surface area contributed by atoms with Crippen molar-refractivity contribution in [3.05, 3.63) is 55.4 Å². The third-order valence-electron chi connectivity index (χ3n) is 1.81. The summed E-state index contributed by atoms with van der Waals surface area (Å²) in [7, 11) is 0. The lowest BCUT2D eigenvalue weighted by Gasteiger charge is -1.87. The van der Waals surface area contributed by atoms with Crippen molar-refractivity contribution in [2.24, 2.45) is 0 Å². The molecule has 0 spiro atoms. The van der Waals surface area contributed by atoms with Crippen LogP contribution in [0.2, 0.25) is 0 Å². The molecule has 0 saturated heterocycles. The number of aromatic amines is 1. The predicted molar refractivity (Wildman–Crippen MR) is 59.7 cm³/mol. The Balaban J connectivity index is 2.61. The molecule has 2 nitrogen and oxygen atoms in total. The van der Waals surface area contributed by atoms with E-state index >= 15 is 0 Å². The van der Waals surface area contributed by atoms with E-state index in [4.69, 9.17) is 0 Å². The molecule has 14 heavy (non-hydrogen) atoms. The third kappa shape index (κ3) is 1.83. The van der Waals surface area contributed by atoms with Gasteiger partial charge in [-0.2, -0.15) is 0 Å². The van der Waals surface area contributed by atoms with Crippen molar-refractivity contribution in [3.8, 4) is 0 Å². The van der Waals surface area contributed by atoms with Crippen molar-refractivity contribution in [2.75, 3.05) is 0 Å². The van der Waals surface area contributed by atoms with Crippen molar-refractivity contribution in [2.45, 2.75) is 0 Å². The SMILES string of the molecule is C=c1[nH]c(=O)c(=Cc2ccccc2)s1. The molecule has 0 aliphatic heterocycles. The van der Waals surface area contributed by atoms with Crippen molar-refractivity contribution >= 4 is 24.0 Å². The molecule has 1 aromatic carbocycles. The van der Waals surface area contributed by atoms with Gasteiger partial charge in [0.2, 0.25) is 0 Å². The largest absolute Gasteiger partial charge is 0.313 e. The fourth-order valence-electron chi connectivity index (χ4n) is 1.19. The van der Waals surface area contributed by atoms with Crippen LogP contribution in [0.5, 0.6) is 0 Å². The summed E-state index contributed by atoms with van der Waals surface area (Å²) in [6.07, 6.45) is 1.86. The van der Waals surface area contributed by atoms with Gasteiger partial charge >= 0.3 is 0 Å². The summed E-state index contributed by atoms with van der Waals surface area (Å²) in [4.78, 5) is 14.0. The second kappa shape index (κ2) is 3.64. The van der Waals surface area contributed by atoms with Crippen LogP contribution in [0.25, 0.3) is 12.7 Å². The Hall–Kier alpha value is -1.61. The highest BCUT2D eigenvalue weighted by Gasteiger charge is 1.92. The van der Waals surface area contributed by atoms with Gasteiger partial charge in [0.25, 0.3) is 5.56 Å². The Kier molecular flexibility index (Phi) is 2.33. The Morgan fingerprint density at radius 2 is 2.00 bits per heavy atom. The highest BCUT2D eigenvalue weighted by molar-refractivity contribution is 7.07. The maximum atomic E-state index is 11.3. The molecular weight excluding hydrogens is 194 g/mol. The average molecular weight is 203 g/mol. The number of aromatic nitrogens is 1. The molecule has 70 valence electrons. The van der Waals surface area contributed by atoms with Crippen LogP contribution in [-0.2, 0) is 0 Å². The number of H-pyrrole nitrogens is 1. The quantitative estimate of drug-likeness (QED) is 0.726. The highest BCUT2D eigenvalue weighted by atomic mass is 32.1. The maximum absolute atomic E-state index is 11.3. The van der Waals surface area contributed by atoms with Crippen molar-refractivity contribution in [1.82, 2.24) is 4.98 Å². The van der Waals surface area contributed by atoms with Gasteiger partial charge in [-0.25, -0.2) is 0 Å². The van der Waals surface area contributed by atoms with E-state index < -0.39 is 0 Å². The van der Waals surface area contributed by atoms with Crippen LogP contribution < -0.4 is 14.8 Å². The predicted octanol–water partition coefficient (Wildman–Crippen LogP) is 0.675. The molecule has 0 radical (unpaired) electrons. The molecule has 0 aliphatic carbocycles. The van der Waals surface area contributed by atoms with Crippen LogP contribution in [0, 0.1) is 0 Å². The molecular formula is C11H9NOS. The molecule has 1 aromatic heterocycles. The van der Waals surface area contributed by atoms with E-state index in [1.54, 1.807) is 0 Å². The minimum Gasteiger partial charge on any atom is -0.313 e. The molecule has 2 aromatic rings. The van der Waals surface area contributed by atoms with E-state index in [-0.39, 0.29) is 5.56 Å². The Morgan fingerprint density at radius 1 is 1.29 bits per heavy atom. The van der Waals surface area contributed by atoms with Gasteiger partial charge in [0, 0.05) is 0 Å². The van der Waals surface area contributed by atoms with E-state index in [1.807, 2.05) is 36.4 Å². The van der Waals surface area contributed by atoms with E-state index in [0.717, 1.165) is 5.56 Å². The van der Waals surface area contributed by atoms with Crippen LogP contribution in [-0.4, -0.2) is 4.98 Å². The van der Waals surface area contributed by atoms with Gasteiger partial charge in [-0.3, -0.25) is 4.79 Å². The number of benzene rings is 1. The number of nitrogens with one attached hydrogen (secondary N) is 1. The first-order chi connectivity index (χ1) is 6.75. The number of rotatable bonds is 1. The lowest BCUT2D eigenvalue weighted by Crippen LogP contribution is -2.19. The molecule has 0 fully saturated rings. The molecule has 0 atom stereocenters. The summed E-state index contributed by atoms with van der Waals surface area (Å²) in [5.41, 5.74) is 0.962. The van der Waals surface area contributed by atoms with Crippen molar-refractivity contribution < 1.29 is 0 Å². The summed E-state index contributed by atoms with van der Waals surface area (Å²) in [5.74, 6) is 0. The average Bonchev–Trinajstić information content (AvgIpc) is 2.47. The zero-order valence-corrected chi connectivity index (χ0v) is 8.30. The molecule has 0 aliphatic rings. The monoisotopic (exact) mass is 203 g/mol. The molecule has 0 bridgehead atoms. The molecule has 0 saturated carbocycles. The minimum atomic E-state index is -0.0659. The van der Waals surface area contributed by atoms with E-state index in [1.165, 1.54) is 11.3 Å². The third-order valence-corrected chi connectivity index (χ3v) is 2.68. The minimum absolute atomic E-state index is 0.0659. The van der Waals surface area contributed by atoms with Gasteiger partial charge in [-0.1, -0.05) is 36.9 Å². The van der Waals surface area contributed by atoms with Crippen molar-refractivity contribution in [3.63, 3.8) is 0 Å². The van der Waals surface area contributed by atoms with Gasteiger partial charge in [0.15, 0.2) is 0 Å². The molecule has 0 amide bonds. The zero-order chi connectivity index (χ0) is 9.97. The standard InChI is InChI=1S/C11H9NOS/c1-8-12-11(13)10(14-8)7-9-5-3-2-4-6-9/h2-7H,1H2,(H,12,13). The normalized spacial score (nSPS) is 11.9. The maximum Gasteiger partial charge on any atom is 0.266 e. The number of hydrogen-bond donors (Lipinski definition) is 1. The lowest BCUT2D eigenvalue weighted by atomic mass is 10.2. The summed E-state index contributed by atoms with van der Waals surface area (Å²) in [5, 5.41) is 0. The highest BCUT2D eigenvalue weighted by Crippen LogP contribution is 1.97. The van der Waals surface area contributed by atoms with Crippen LogP contribution in [0.3, 0.4) is 0 Å². The van der Waals surface area contributed by atoms with Crippen LogP contribution >= 0.6 is 11.3 Å². The van der Waals surface area contributed by atoms with Crippen LogP contribution in [0.15, 0.2) is 35.1 Å². The summed E-state index contributed by atoms with van der Waals surface area (Å²) >= 11 is 1.37. The summed E-state index contributed by atoms with van der Waals surface area (Å²) < 4.78 is 1.39. The number of hydrogen-bond acceptors (Lipinski definition) is 2. The molecule has 2 rings (SSSR count).